The van der Waals surface area contributed by atoms with E-state index in [-0.39, 0.29) is 5.91 Å². The SMILES string of the molecule is Cc1cc(Br)c(NC(=O)CCc2ccccc2)cc1N. The summed E-state index contributed by atoms with van der Waals surface area (Å²) in [5.41, 5.74) is 9.39. The number of aryl methyl sites for hydroxylation is 2. The normalized spacial score (nSPS) is 10.3. The van der Waals surface area contributed by atoms with Crippen LogP contribution in [0.5, 0.6) is 0 Å². The number of carbonyl (C=O) groups excluding carboxylic acids is 1. The molecule has 3 nitrogen and oxygen atoms in total. The number of nitrogens with two attached hydrogens (primary N) is 1. The van der Waals surface area contributed by atoms with E-state index in [2.05, 4.69) is 21.2 Å². The van der Waals surface area contributed by atoms with Gasteiger partial charge in [-0.2, -0.15) is 0 Å². The molecule has 3 N–H and O–H groups in total. The molecular formula is C16H17BrN2O. The molecule has 104 valence electrons. The average Bonchev–Trinajstić information content (AvgIpc) is 2.44. The zero-order chi connectivity index (χ0) is 14.5. The van der Waals surface area contributed by atoms with Gasteiger partial charge in [0.25, 0.3) is 0 Å². The molecule has 0 aliphatic rings. The molecule has 0 aliphatic heterocycles. The largest absolute Gasteiger partial charge is 0.398 e. The van der Waals surface area contributed by atoms with Crippen LogP contribution in [0, 0.1) is 6.92 Å². The maximum atomic E-state index is 12.0. The molecule has 2 rings (SSSR count). The summed E-state index contributed by atoms with van der Waals surface area (Å²) in [5, 5.41) is 2.88. The topological polar surface area (TPSA) is 55.1 Å². The van der Waals surface area contributed by atoms with Crippen LogP contribution in [-0.2, 0) is 11.2 Å². The Morgan fingerprint density at radius 3 is 2.65 bits per heavy atom. The summed E-state index contributed by atoms with van der Waals surface area (Å²) in [5.74, 6) is -0.0159. The fourth-order valence-corrected chi connectivity index (χ4v) is 2.46. The van der Waals surface area contributed by atoms with Crippen LogP contribution in [0.4, 0.5) is 11.4 Å². The van der Waals surface area contributed by atoms with Gasteiger partial charge in [0.15, 0.2) is 0 Å². The number of amides is 1. The number of halogens is 1. The van der Waals surface area contributed by atoms with Crippen molar-refractivity contribution in [3.8, 4) is 0 Å². The van der Waals surface area contributed by atoms with Crippen molar-refractivity contribution in [2.24, 2.45) is 0 Å². The Balaban J connectivity index is 1.97. The maximum absolute atomic E-state index is 12.0. The number of anilines is 2. The van der Waals surface area contributed by atoms with Gasteiger partial charge in [0.1, 0.15) is 0 Å². The summed E-state index contributed by atoms with van der Waals surface area (Å²) >= 11 is 3.44. The monoisotopic (exact) mass is 332 g/mol. The number of carbonyl (C=O) groups is 1. The number of nitrogens with one attached hydrogen (secondary N) is 1. The molecular weight excluding hydrogens is 316 g/mol. The first-order chi connectivity index (χ1) is 9.56. The van der Waals surface area contributed by atoms with Gasteiger partial charge in [-0.05, 0) is 52.5 Å². The van der Waals surface area contributed by atoms with E-state index in [9.17, 15) is 4.79 Å². The van der Waals surface area contributed by atoms with Gasteiger partial charge in [-0.15, -0.1) is 0 Å². The zero-order valence-corrected chi connectivity index (χ0v) is 12.9. The highest BCUT2D eigenvalue weighted by Gasteiger charge is 2.08. The molecule has 1 amide bonds. The Kier molecular flexibility index (Phi) is 4.79. The first-order valence-corrected chi connectivity index (χ1v) is 7.25. The van der Waals surface area contributed by atoms with Crippen LogP contribution in [0.2, 0.25) is 0 Å². The molecule has 0 bridgehead atoms. The van der Waals surface area contributed by atoms with Crippen molar-refractivity contribution in [3.63, 3.8) is 0 Å². The maximum Gasteiger partial charge on any atom is 0.224 e. The van der Waals surface area contributed by atoms with Gasteiger partial charge in [-0.3, -0.25) is 4.79 Å². The Labute approximate surface area is 127 Å². The van der Waals surface area contributed by atoms with E-state index in [1.807, 2.05) is 43.3 Å². The number of nitrogen functional groups attached to an aromatic ring is 1. The minimum Gasteiger partial charge on any atom is -0.398 e. The Morgan fingerprint density at radius 2 is 1.95 bits per heavy atom. The highest BCUT2D eigenvalue weighted by molar-refractivity contribution is 9.10. The van der Waals surface area contributed by atoms with Gasteiger partial charge in [-0.25, -0.2) is 0 Å². The lowest BCUT2D eigenvalue weighted by Crippen LogP contribution is -2.13. The fraction of sp³-hybridized carbons (Fsp3) is 0.188. The number of benzene rings is 2. The average molecular weight is 333 g/mol. The van der Waals surface area contributed by atoms with Gasteiger partial charge in [0.05, 0.1) is 5.69 Å². The van der Waals surface area contributed by atoms with E-state index in [1.165, 1.54) is 0 Å². The summed E-state index contributed by atoms with van der Waals surface area (Å²) in [7, 11) is 0. The highest BCUT2D eigenvalue weighted by atomic mass is 79.9. The van der Waals surface area contributed by atoms with E-state index >= 15 is 0 Å². The Morgan fingerprint density at radius 1 is 1.25 bits per heavy atom. The smallest absolute Gasteiger partial charge is 0.224 e. The van der Waals surface area contributed by atoms with Gasteiger partial charge in [0.2, 0.25) is 5.91 Å². The second-order valence-corrected chi connectivity index (χ2v) is 5.58. The van der Waals surface area contributed by atoms with Crippen LogP contribution in [0.25, 0.3) is 0 Å². The molecule has 0 saturated heterocycles. The van der Waals surface area contributed by atoms with E-state index in [0.29, 0.717) is 17.8 Å². The molecule has 0 spiro atoms. The fourth-order valence-electron chi connectivity index (χ4n) is 1.90. The summed E-state index contributed by atoms with van der Waals surface area (Å²) in [6, 6.07) is 13.6. The zero-order valence-electron chi connectivity index (χ0n) is 11.3. The number of hydrogen-bond donors (Lipinski definition) is 2. The molecule has 0 aliphatic carbocycles. The number of rotatable bonds is 4. The molecule has 20 heavy (non-hydrogen) atoms. The Hall–Kier alpha value is -1.81. The van der Waals surface area contributed by atoms with Crippen molar-refractivity contribution in [2.45, 2.75) is 19.8 Å². The van der Waals surface area contributed by atoms with Gasteiger partial charge >= 0.3 is 0 Å². The first kappa shape index (κ1) is 14.6. The van der Waals surface area contributed by atoms with Crippen LogP contribution >= 0.6 is 15.9 Å². The molecule has 4 heteroatoms. The molecule has 0 heterocycles. The minimum absolute atomic E-state index is 0.0159. The standard InChI is InChI=1S/C16H17BrN2O/c1-11-9-13(17)15(10-14(11)18)19-16(20)8-7-12-5-3-2-4-6-12/h2-6,9-10H,7-8,18H2,1H3,(H,19,20). The second-order valence-electron chi connectivity index (χ2n) is 4.72. The van der Waals surface area contributed by atoms with E-state index in [1.54, 1.807) is 6.07 Å². The molecule has 0 unspecified atom stereocenters. The van der Waals surface area contributed by atoms with Crippen molar-refractivity contribution in [1.82, 2.24) is 0 Å². The van der Waals surface area contributed by atoms with Crippen LogP contribution in [0.15, 0.2) is 46.9 Å². The van der Waals surface area contributed by atoms with Gasteiger partial charge in [0, 0.05) is 16.6 Å². The quantitative estimate of drug-likeness (QED) is 0.834. The van der Waals surface area contributed by atoms with Crippen LogP contribution in [0.1, 0.15) is 17.5 Å². The summed E-state index contributed by atoms with van der Waals surface area (Å²) in [6.45, 7) is 1.93. The van der Waals surface area contributed by atoms with Crippen LogP contribution in [-0.4, -0.2) is 5.91 Å². The summed E-state index contributed by atoms with van der Waals surface area (Å²) in [4.78, 5) is 12.0. The summed E-state index contributed by atoms with van der Waals surface area (Å²) in [6.07, 6.45) is 1.18. The second kappa shape index (κ2) is 6.57. The molecule has 0 radical (unpaired) electrons. The van der Waals surface area contributed by atoms with E-state index in [0.717, 1.165) is 22.0 Å². The van der Waals surface area contributed by atoms with Crippen molar-refractivity contribution in [2.75, 3.05) is 11.1 Å². The Bertz CT molecular complexity index is 611. The van der Waals surface area contributed by atoms with Gasteiger partial charge in [-0.1, -0.05) is 30.3 Å². The molecule has 2 aromatic rings. The van der Waals surface area contributed by atoms with Crippen molar-refractivity contribution < 1.29 is 4.79 Å². The van der Waals surface area contributed by atoms with Crippen LogP contribution < -0.4 is 11.1 Å². The third kappa shape index (κ3) is 3.84. The third-order valence-electron chi connectivity index (χ3n) is 3.11. The molecule has 2 aromatic carbocycles. The van der Waals surface area contributed by atoms with E-state index in [4.69, 9.17) is 5.73 Å². The lowest BCUT2D eigenvalue weighted by Gasteiger charge is -2.10. The predicted molar refractivity (Wildman–Crippen MR) is 86.7 cm³/mol. The lowest BCUT2D eigenvalue weighted by molar-refractivity contribution is -0.116. The van der Waals surface area contributed by atoms with Crippen molar-refractivity contribution in [3.05, 3.63) is 58.1 Å². The summed E-state index contributed by atoms with van der Waals surface area (Å²) < 4.78 is 0.845. The molecule has 0 aromatic heterocycles. The lowest BCUT2D eigenvalue weighted by atomic mass is 10.1. The molecule has 0 fully saturated rings. The minimum atomic E-state index is -0.0159. The predicted octanol–water partition coefficient (Wildman–Crippen LogP) is 3.91. The number of hydrogen-bond acceptors (Lipinski definition) is 2. The first-order valence-electron chi connectivity index (χ1n) is 6.45. The highest BCUT2D eigenvalue weighted by Crippen LogP contribution is 2.27. The van der Waals surface area contributed by atoms with Crippen LogP contribution in [0.3, 0.4) is 0 Å². The molecule has 0 atom stereocenters. The molecule has 0 saturated carbocycles. The van der Waals surface area contributed by atoms with Gasteiger partial charge < -0.3 is 11.1 Å². The van der Waals surface area contributed by atoms with Crippen molar-refractivity contribution in [1.29, 1.82) is 0 Å². The third-order valence-corrected chi connectivity index (χ3v) is 3.77. The van der Waals surface area contributed by atoms with E-state index < -0.39 is 0 Å². The van der Waals surface area contributed by atoms with Crippen molar-refractivity contribution >= 4 is 33.2 Å².